The van der Waals surface area contributed by atoms with E-state index in [9.17, 15) is 0 Å². The van der Waals surface area contributed by atoms with E-state index in [1.807, 2.05) is 0 Å². The monoisotopic (exact) mass is 282 g/mol. The van der Waals surface area contributed by atoms with E-state index in [0.717, 1.165) is 32.3 Å². The van der Waals surface area contributed by atoms with Crippen LogP contribution in [0.25, 0.3) is 0 Å². The number of nitrogens with zero attached hydrogens (tertiary/aromatic N) is 3. The third-order valence-electron chi connectivity index (χ3n) is 5.03. The van der Waals surface area contributed by atoms with Gasteiger partial charge in [0.05, 0.1) is 12.7 Å². The van der Waals surface area contributed by atoms with Crippen molar-refractivity contribution in [1.82, 2.24) is 20.0 Å². The van der Waals surface area contributed by atoms with Crippen molar-refractivity contribution in [2.75, 3.05) is 72.6 Å². The Labute approximate surface area is 123 Å². The molecule has 3 fully saturated rings. The van der Waals surface area contributed by atoms with E-state index in [-0.39, 0.29) is 0 Å². The number of likely N-dealkylation sites (N-methyl/N-ethyl adjacent to an activating group) is 1. The minimum absolute atomic E-state index is 0.400. The first-order valence-electron chi connectivity index (χ1n) is 8.28. The van der Waals surface area contributed by atoms with Crippen LogP contribution in [-0.4, -0.2) is 99.4 Å². The molecule has 5 heteroatoms. The minimum atomic E-state index is 0.400. The predicted octanol–water partition coefficient (Wildman–Crippen LogP) is -0.313. The van der Waals surface area contributed by atoms with E-state index >= 15 is 0 Å². The van der Waals surface area contributed by atoms with Crippen LogP contribution in [0.4, 0.5) is 0 Å². The normalized spacial score (nSPS) is 33.5. The van der Waals surface area contributed by atoms with Gasteiger partial charge in [0, 0.05) is 58.4 Å². The Balaban J connectivity index is 1.26. The highest BCUT2D eigenvalue weighted by Crippen LogP contribution is 2.22. The largest absolute Gasteiger partial charge is 0.374 e. The summed E-state index contributed by atoms with van der Waals surface area (Å²) in [5.41, 5.74) is 0. The van der Waals surface area contributed by atoms with Crippen molar-refractivity contribution >= 4 is 0 Å². The van der Waals surface area contributed by atoms with Crippen LogP contribution in [0.2, 0.25) is 0 Å². The van der Waals surface area contributed by atoms with Crippen molar-refractivity contribution < 1.29 is 4.74 Å². The average molecular weight is 282 g/mol. The predicted molar refractivity (Wildman–Crippen MR) is 81.1 cm³/mol. The number of fused-ring (bicyclic) bond motifs is 1. The number of ether oxygens (including phenoxy) is 1. The molecule has 3 aliphatic heterocycles. The number of piperazine rings is 1. The molecule has 1 N–H and O–H groups in total. The maximum absolute atomic E-state index is 5.97. The highest BCUT2D eigenvalue weighted by Gasteiger charge is 2.31. The van der Waals surface area contributed by atoms with Gasteiger partial charge >= 0.3 is 0 Å². The molecule has 0 saturated carbocycles. The van der Waals surface area contributed by atoms with Crippen molar-refractivity contribution in [3.8, 4) is 0 Å². The molecule has 0 aromatic rings. The first kappa shape index (κ1) is 14.7. The molecule has 2 atom stereocenters. The Morgan fingerprint density at radius 1 is 1.15 bits per heavy atom. The zero-order valence-electron chi connectivity index (χ0n) is 12.9. The minimum Gasteiger partial charge on any atom is -0.374 e. The molecule has 0 aromatic heterocycles. The standard InChI is InChI=1S/C15H30N4O/c1-17-7-9-18(10-8-17)6-4-16-11-15-12-19-5-2-3-14(19)13-20-15/h14-16H,2-13H2,1H3. The molecule has 0 amide bonds. The first-order chi connectivity index (χ1) is 9.81. The van der Waals surface area contributed by atoms with Crippen LogP contribution in [0.1, 0.15) is 12.8 Å². The van der Waals surface area contributed by atoms with Gasteiger partial charge in [-0.25, -0.2) is 0 Å². The molecule has 2 unspecified atom stereocenters. The Morgan fingerprint density at radius 2 is 2.00 bits per heavy atom. The Morgan fingerprint density at radius 3 is 2.85 bits per heavy atom. The summed E-state index contributed by atoms with van der Waals surface area (Å²) in [4.78, 5) is 7.59. The summed E-state index contributed by atoms with van der Waals surface area (Å²) in [5.74, 6) is 0. The van der Waals surface area contributed by atoms with Gasteiger partial charge in [-0.3, -0.25) is 9.80 Å². The van der Waals surface area contributed by atoms with Gasteiger partial charge in [0.25, 0.3) is 0 Å². The second kappa shape index (κ2) is 7.18. The Bertz CT molecular complexity index is 294. The molecule has 0 radical (unpaired) electrons. The fraction of sp³-hybridized carbons (Fsp3) is 1.00. The van der Waals surface area contributed by atoms with Gasteiger partial charge in [-0.1, -0.05) is 0 Å². The lowest BCUT2D eigenvalue weighted by Gasteiger charge is -2.35. The summed E-state index contributed by atoms with van der Waals surface area (Å²) < 4.78 is 5.97. The van der Waals surface area contributed by atoms with Crippen molar-refractivity contribution in [3.05, 3.63) is 0 Å². The lowest BCUT2D eigenvalue weighted by molar-refractivity contribution is -0.0470. The van der Waals surface area contributed by atoms with E-state index in [2.05, 4.69) is 27.1 Å². The van der Waals surface area contributed by atoms with E-state index < -0.39 is 0 Å². The number of morpholine rings is 1. The maximum Gasteiger partial charge on any atom is 0.0827 e. The van der Waals surface area contributed by atoms with Crippen LogP contribution in [0.5, 0.6) is 0 Å². The van der Waals surface area contributed by atoms with Gasteiger partial charge in [0.15, 0.2) is 0 Å². The molecule has 116 valence electrons. The van der Waals surface area contributed by atoms with Crippen LogP contribution in [0.3, 0.4) is 0 Å². The molecular weight excluding hydrogens is 252 g/mol. The van der Waals surface area contributed by atoms with Crippen molar-refractivity contribution in [2.45, 2.75) is 25.0 Å². The molecule has 3 rings (SSSR count). The molecule has 3 heterocycles. The van der Waals surface area contributed by atoms with Gasteiger partial charge in [0.1, 0.15) is 0 Å². The van der Waals surface area contributed by atoms with E-state index in [1.54, 1.807) is 0 Å². The van der Waals surface area contributed by atoms with E-state index in [4.69, 9.17) is 4.74 Å². The second-order valence-corrected chi connectivity index (χ2v) is 6.60. The molecule has 3 aliphatic rings. The summed E-state index contributed by atoms with van der Waals surface area (Å²) in [5, 5.41) is 3.59. The van der Waals surface area contributed by atoms with E-state index in [0.29, 0.717) is 6.10 Å². The number of rotatable bonds is 5. The number of hydrogen-bond acceptors (Lipinski definition) is 5. The molecule has 0 bridgehead atoms. The van der Waals surface area contributed by atoms with Crippen molar-refractivity contribution in [3.63, 3.8) is 0 Å². The third kappa shape index (κ3) is 3.92. The fourth-order valence-electron chi connectivity index (χ4n) is 3.58. The third-order valence-corrected chi connectivity index (χ3v) is 5.03. The number of nitrogens with one attached hydrogen (secondary N) is 1. The first-order valence-corrected chi connectivity index (χ1v) is 8.28. The van der Waals surface area contributed by atoms with Crippen LogP contribution in [-0.2, 0) is 4.74 Å². The zero-order valence-corrected chi connectivity index (χ0v) is 12.9. The van der Waals surface area contributed by atoms with Crippen LogP contribution in [0.15, 0.2) is 0 Å². The smallest absolute Gasteiger partial charge is 0.0827 e. The molecule has 0 spiro atoms. The van der Waals surface area contributed by atoms with Crippen molar-refractivity contribution in [2.24, 2.45) is 0 Å². The van der Waals surface area contributed by atoms with Crippen LogP contribution >= 0.6 is 0 Å². The van der Waals surface area contributed by atoms with Gasteiger partial charge in [0.2, 0.25) is 0 Å². The Hall–Kier alpha value is -0.200. The summed E-state index contributed by atoms with van der Waals surface area (Å²) in [7, 11) is 2.21. The highest BCUT2D eigenvalue weighted by atomic mass is 16.5. The molecule has 0 aliphatic carbocycles. The van der Waals surface area contributed by atoms with Gasteiger partial charge < -0.3 is 15.0 Å². The average Bonchev–Trinajstić information content (AvgIpc) is 2.93. The van der Waals surface area contributed by atoms with Crippen LogP contribution < -0.4 is 5.32 Å². The van der Waals surface area contributed by atoms with Crippen molar-refractivity contribution in [1.29, 1.82) is 0 Å². The Kier molecular flexibility index (Phi) is 5.29. The molecular formula is C15H30N4O. The lowest BCUT2D eigenvalue weighted by atomic mass is 10.2. The molecule has 0 aromatic carbocycles. The maximum atomic E-state index is 5.97. The molecule has 5 nitrogen and oxygen atoms in total. The van der Waals surface area contributed by atoms with Crippen LogP contribution in [0, 0.1) is 0 Å². The zero-order chi connectivity index (χ0) is 13.8. The second-order valence-electron chi connectivity index (χ2n) is 6.60. The SMILES string of the molecule is CN1CCN(CCNCC2CN3CCCC3CO2)CC1. The summed E-state index contributed by atoms with van der Waals surface area (Å²) in [6, 6.07) is 0.719. The van der Waals surface area contributed by atoms with Gasteiger partial charge in [-0.15, -0.1) is 0 Å². The van der Waals surface area contributed by atoms with Gasteiger partial charge in [-0.05, 0) is 26.4 Å². The lowest BCUT2D eigenvalue weighted by Crippen LogP contribution is -2.50. The van der Waals surface area contributed by atoms with E-state index in [1.165, 1.54) is 52.1 Å². The topological polar surface area (TPSA) is 31.0 Å². The highest BCUT2D eigenvalue weighted by molar-refractivity contribution is 4.85. The fourth-order valence-corrected chi connectivity index (χ4v) is 3.58. The quantitative estimate of drug-likeness (QED) is 0.699. The summed E-state index contributed by atoms with van der Waals surface area (Å²) >= 11 is 0. The number of hydrogen-bond donors (Lipinski definition) is 1. The van der Waals surface area contributed by atoms with Gasteiger partial charge in [-0.2, -0.15) is 0 Å². The molecule has 20 heavy (non-hydrogen) atoms. The molecule has 3 saturated heterocycles. The summed E-state index contributed by atoms with van der Waals surface area (Å²) in [6.07, 6.45) is 3.10. The summed E-state index contributed by atoms with van der Waals surface area (Å²) in [6.45, 7) is 11.5.